The average Bonchev–Trinajstić information content (AvgIpc) is 2.70. The fourth-order valence-corrected chi connectivity index (χ4v) is 3.75. The Kier molecular flexibility index (Phi) is 7.30. The molecule has 2 unspecified atom stereocenters. The van der Waals surface area contributed by atoms with E-state index >= 15 is 0 Å². The normalized spacial score (nSPS) is 19.0. The second-order valence-corrected chi connectivity index (χ2v) is 7.29. The number of nitrogens with zero attached hydrogens (tertiary/aromatic N) is 2. The maximum Gasteiger partial charge on any atom is 0.193 e. The highest BCUT2D eigenvalue weighted by Gasteiger charge is 2.29. The zero-order valence-corrected chi connectivity index (χ0v) is 17.3. The third kappa shape index (κ3) is 5.38. The van der Waals surface area contributed by atoms with Crippen LogP contribution in [0.5, 0.6) is 5.75 Å². The van der Waals surface area contributed by atoms with Crippen molar-refractivity contribution in [1.29, 1.82) is 0 Å². The van der Waals surface area contributed by atoms with Crippen molar-refractivity contribution in [2.75, 3.05) is 38.7 Å². The molecule has 2 aromatic carbocycles. The largest absolute Gasteiger partial charge is 0.495 e. The zero-order valence-electron chi connectivity index (χ0n) is 16.6. The lowest BCUT2D eigenvalue weighted by Crippen LogP contribution is -2.44. The molecule has 3 N–H and O–H groups in total. The fraction of sp³-hybridized carbons (Fsp3) is 0.381. The molecule has 0 bridgehead atoms. The van der Waals surface area contributed by atoms with Crippen LogP contribution < -0.4 is 15.8 Å². The molecule has 0 saturated carbocycles. The van der Waals surface area contributed by atoms with Gasteiger partial charge in [-0.25, -0.2) is 4.39 Å². The van der Waals surface area contributed by atoms with Crippen molar-refractivity contribution in [1.82, 2.24) is 4.90 Å². The number of para-hydroxylation sites is 2. The molecule has 0 spiro atoms. The molecule has 1 fully saturated rings. The molecule has 1 aliphatic heterocycles. The van der Waals surface area contributed by atoms with Crippen molar-refractivity contribution in [2.45, 2.75) is 19.1 Å². The van der Waals surface area contributed by atoms with Gasteiger partial charge in [0, 0.05) is 23.7 Å². The summed E-state index contributed by atoms with van der Waals surface area (Å²) >= 11 is 6.35. The first-order valence-corrected chi connectivity index (χ1v) is 9.87. The van der Waals surface area contributed by atoms with Crippen LogP contribution in [0.15, 0.2) is 47.5 Å². The lowest BCUT2D eigenvalue weighted by molar-refractivity contribution is -0.0336. The second-order valence-electron chi connectivity index (χ2n) is 6.88. The van der Waals surface area contributed by atoms with Gasteiger partial charge in [-0.05, 0) is 31.2 Å². The van der Waals surface area contributed by atoms with E-state index in [1.54, 1.807) is 19.2 Å². The van der Waals surface area contributed by atoms with Crippen molar-refractivity contribution in [3.63, 3.8) is 0 Å². The summed E-state index contributed by atoms with van der Waals surface area (Å²) in [5, 5.41) is 3.42. The molecule has 6 nitrogen and oxygen atoms in total. The summed E-state index contributed by atoms with van der Waals surface area (Å²) in [5.74, 6) is 0.516. The summed E-state index contributed by atoms with van der Waals surface area (Å²) in [6.07, 6.45) is 0.0461. The van der Waals surface area contributed by atoms with E-state index in [1.165, 1.54) is 6.07 Å². The molecule has 29 heavy (non-hydrogen) atoms. The number of nitrogens with two attached hydrogens (primary N) is 1. The minimum absolute atomic E-state index is 0.0461. The Bertz CT molecular complexity index is 844. The number of hydrogen-bond donors (Lipinski definition) is 2. The zero-order chi connectivity index (χ0) is 20.8. The van der Waals surface area contributed by atoms with Crippen LogP contribution in [0.2, 0.25) is 5.02 Å². The molecule has 0 amide bonds. The van der Waals surface area contributed by atoms with Crippen LogP contribution in [0.1, 0.15) is 18.5 Å². The van der Waals surface area contributed by atoms with Gasteiger partial charge in [-0.1, -0.05) is 29.8 Å². The van der Waals surface area contributed by atoms with E-state index in [0.717, 1.165) is 0 Å². The van der Waals surface area contributed by atoms with Gasteiger partial charge < -0.3 is 20.5 Å². The fourth-order valence-electron chi connectivity index (χ4n) is 3.46. The molecular weight excluding hydrogens is 395 g/mol. The van der Waals surface area contributed by atoms with Gasteiger partial charge in [0.05, 0.1) is 38.1 Å². The maximum absolute atomic E-state index is 14.7. The number of morpholine rings is 1. The van der Waals surface area contributed by atoms with E-state index in [9.17, 15) is 4.39 Å². The van der Waals surface area contributed by atoms with E-state index in [0.29, 0.717) is 41.7 Å². The average molecular weight is 421 g/mol. The summed E-state index contributed by atoms with van der Waals surface area (Å²) < 4.78 is 25.6. The third-order valence-corrected chi connectivity index (χ3v) is 5.18. The molecule has 0 aliphatic carbocycles. The smallest absolute Gasteiger partial charge is 0.193 e. The summed E-state index contributed by atoms with van der Waals surface area (Å²) in [6, 6.07) is 11.8. The van der Waals surface area contributed by atoms with Gasteiger partial charge in [-0.15, -0.1) is 0 Å². The summed E-state index contributed by atoms with van der Waals surface area (Å²) in [5.41, 5.74) is 7.24. The quantitative estimate of drug-likeness (QED) is 0.551. The summed E-state index contributed by atoms with van der Waals surface area (Å²) in [4.78, 5) is 6.61. The van der Waals surface area contributed by atoms with E-state index in [4.69, 9.17) is 26.8 Å². The molecule has 2 atom stereocenters. The van der Waals surface area contributed by atoms with Gasteiger partial charge in [0.25, 0.3) is 0 Å². The second kappa shape index (κ2) is 9.91. The van der Waals surface area contributed by atoms with E-state index in [1.807, 2.05) is 31.2 Å². The molecule has 1 aliphatic rings. The molecule has 156 valence electrons. The van der Waals surface area contributed by atoms with Gasteiger partial charge in [0.15, 0.2) is 5.96 Å². The Morgan fingerprint density at radius 3 is 2.90 bits per heavy atom. The van der Waals surface area contributed by atoms with Crippen LogP contribution >= 0.6 is 11.6 Å². The van der Waals surface area contributed by atoms with Gasteiger partial charge in [-0.3, -0.25) is 9.89 Å². The van der Waals surface area contributed by atoms with Gasteiger partial charge in [-0.2, -0.15) is 0 Å². The van der Waals surface area contributed by atoms with Crippen LogP contribution in [-0.4, -0.2) is 50.3 Å². The SMILES string of the molecule is COc1ccccc1NC(N)=NCC(c1c(F)cccc1Cl)N1CCOC(C)C1. The molecule has 1 heterocycles. The number of halogens is 2. The van der Waals surface area contributed by atoms with E-state index < -0.39 is 0 Å². The number of nitrogens with one attached hydrogen (secondary N) is 1. The van der Waals surface area contributed by atoms with Crippen molar-refractivity contribution < 1.29 is 13.9 Å². The number of ether oxygens (including phenoxy) is 2. The lowest BCUT2D eigenvalue weighted by atomic mass is 10.0. The monoisotopic (exact) mass is 420 g/mol. The predicted octanol–water partition coefficient (Wildman–Crippen LogP) is 3.68. The molecule has 8 heteroatoms. The van der Waals surface area contributed by atoms with Gasteiger partial charge in [0.1, 0.15) is 11.6 Å². The summed E-state index contributed by atoms with van der Waals surface area (Å²) in [7, 11) is 1.59. The maximum atomic E-state index is 14.7. The molecule has 3 rings (SSSR count). The third-order valence-electron chi connectivity index (χ3n) is 4.85. The first-order chi connectivity index (χ1) is 14.0. The minimum Gasteiger partial charge on any atom is -0.495 e. The number of aliphatic imine (C=N–C) groups is 1. The first-order valence-electron chi connectivity index (χ1n) is 9.49. The van der Waals surface area contributed by atoms with E-state index in [-0.39, 0.29) is 30.5 Å². The molecular formula is C21H26ClFN4O2. The number of methoxy groups -OCH3 is 1. The van der Waals surface area contributed by atoms with Crippen LogP contribution in [0.25, 0.3) is 0 Å². The Labute approximate surface area is 175 Å². The van der Waals surface area contributed by atoms with Crippen molar-refractivity contribution in [3.05, 3.63) is 58.9 Å². The minimum atomic E-state index is -0.354. The van der Waals surface area contributed by atoms with Crippen LogP contribution in [0.3, 0.4) is 0 Å². The van der Waals surface area contributed by atoms with Crippen LogP contribution in [-0.2, 0) is 4.74 Å². The van der Waals surface area contributed by atoms with Crippen molar-refractivity contribution in [2.24, 2.45) is 10.7 Å². The van der Waals surface area contributed by atoms with Crippen molar-refractivity contribution in [3.8, 4) is 5.75 Å². The number of guanidine groups is 1. The molecule has 0 aromatic heterocycles. The highest BCUT2D eigenvalue weighted by Crippen LogP contribution is 2.32. The van der Waals surface area contributed by atoms with Crippen LogP contribution in [0, 0.1) is 5.82 Å². The summed E-state index contributed by atoms with van der Waals surface area (Å²) in [6.45, 7) is 4.14. The number of hydrogen-bond acceptors (Lipinski definition) is 4. The molecule has 1 saturated heterocycles. The van der Waals surface area contributed by atoms with Gasteiger partial charge in [0.2, 0.25) is 0 Å². The highest BCUT2D eigenvalue weighted by molar-refractivity contribution is 6.31. The van der Waals surface area contributed by atoms with Crippen molar-refractivity contribution >= 4 is 23.2 Å². The predicted molar refractivity (Wildman–Crippen MR) is 114 cm³/mol. The number of anilines is 1. The Morgan fingerprint density at radius 2 is 2.17 bits per heavy atom. The molecule has 2 aromatic rings. The number of benzene rings is 2. The Morgan fingerprint density at radius 1 is 1.38 bits per heavy atom. The van der Waals surface area contributed by atoms with Gasteiger partial charge >= 0.3 is 0 Å². The standard InChI is InChI=1S/C21H26ClFN4O2/c1-14-13-27(10-11-29-14)18(20-15(22)6-5-7-16(20)23)12-25-21(24)26-17-8-3-4-9-19(17)28-2/h3-9,14,18H,10-13H2,1-2H3,(H3,24,25,26). The lowest BCUT2D eigenvalue weighted by Gasteiger charge is -2.37. The van der Waals surface area contributed by atoms with E-state index in [2.05, 4.69) is 15.2 Å². The molecule has 0 radical (unpaired) electrons. The topological polar surface area (TPSA) is 72.1 Å². The first kappa shape index (κ1) is 21.4. The highest BCUT2D eigenvalue weighted by atomic mass is 35.5. The van der Waals surface area contributed by atoms with Crippen LogP contribution in [0.4, 0.5) is 10.1 Å². The number of rotatable bonds is 6. The Balaban J connectivity index is 1.84. The Hall–Kier alpha value is -2.35.